The Kier molecular flexibility index (Phi) is 4.48. The number of anilines is 2. The number of aliphatic hydroxyl groups is 1. The highest BCUT2D eigenvalue weighted by atomic mass is 16.3. The van der Waals surface area contributed by atoms with Crippen molar-refractivity contribution in [1.29, 1.82) is 0 Å². The van der Waals surface area contributed by atoms with Gasteiger partial charge in [-0.3, -0.25) is 0 Å². The van der Waals surface area contributed by atoms with Gasteiger partial charge in [0.05, 0.1) is 6.61 Å². The van der Waals surface area contributed by atoms with Crippen molar-refractivity contribution in [3.05, 3.63) is 12.3 Å². The summed E-state index contributed by atoms with van der Waals surface area (Å²) in [4.78, 5) is 13.1. The molecule has 0 amide bonds. The molecule has 0 saturated carbocycles. The molecule has 1 fully saturated rings. The Bertz CT molecular complexity index is 449. The van der Waals surface area contributed by atoms with E-state index in [1.807, 2.05) is 31.3 Å². The summed E-state index contributed by atoms with van der Waals surface area (Å²) < 4.78 is 0. The molecule has 2 heterocycles. The Labute approximate surface area is 121 Å². The standard InChI is InChI=1S/C15H26N4O/c1-12(2)15(11-20)7-5-9-19(10-15)13-6-8-16-14(17-13)18(3)4/h6,8,12,20H,5,7,9-11H2,1-4H3/t15-/m0/s1. The molecule has 0 radical (unpaired) electrons. The van der Waals surface area contributed by atoms with Crippen molar-refractivity contribution >= 4 is 11.8 Å². The number of piperidine rings is 1. The highest BCUT2D eigenvalue weighted by Crippen LogP contribution is 2.38. The number of hydrogen-bond acceptors (Lipinski definition) is 5. The molecule has 20 heavy (non-hydrogen) atoms. The first-order valence-corrected chi connectivity index (χ1v) is 7.35. The molecule has 1 aliphatic heterocycles. The van der Waals surface area contributed by atoms with E-state index >= 15 is 0 Å². The minimum absolute atomic E-state index is 0.0124. The van der Waals surface area contributed by atoms with Crippen LogP contribution in [0.1, 0.15) is 26.7 Å². The fraction of sp³-hybridized carbons (Fsp3) is 0.733. The Morgan fingerprint density at radius 1 is 1.45 bits per heavy atom. The van der Waals surface area contributed by atoms with Gasteiger partial charge in [-0.05, 0) is 24.8 Å². The average molecular weight is 278 g/mol. The largest absolute Gasteiger partial charge is 0.396 e. The number of hydrogen-bond donors (Lipinski definition) is 1. The van der Waals surface area contributed by atoms with Crippen LogP contribution in [0.25, 0.3) is 0 Å². The maximum absolute atomic E-state index is 9.85. The second kappa shape index (κ2) is 5.95. The van der Waals surface area contributed by atoms with Crippen molar-refractivity contribution in [1.82, 2.24) is 9.97 Å². The van der Waals surface area contributed by atoms with Crippen LogP contribution in [-0.2, 0) is 0 Å². The van der Waals surface area contributed by atoms with Crippen molar-refractivity contribution < 1.29 is 5.11 Å². The molecule has 1 saturated heterocycles. The summed E-state index contributed by atoms with van der Waals surface area (Å²) in [7, 11) is 3.89. The van der Waals surface area contributed by atoms with Crippen molar-refractivity contribution in [3.8, 4) is 0 Å². The summed E-state index contributed by atoms with van der Waals surface area (Å²) in [5.41, 5.74) is -0.0124. The predicted molar refractivity (Wildman–Crippen MR) is 82.2 cm³/mol. The zero-order valence-corrected chi connectivity index (χ0v) is 13.0. The van der Waals surface area contributed by atoms with Crippen molar-refractivity contribution in [2.75, 3.05) is 43.6 Å². The Balaban J connectivity index is 2.22. The van der Waals surface area contributed by atoms with Gasteiger partial charge in [0.1, 0.15) is 5.82 Å². The van der Waals surface area contributed by atoms with Gasteiger partial charge in [-0.1, -0.05) is 13.8 Å². The van der Waals surface area contributed by atoms with Crippen LogP contribution >= 0.6 is 0 Å². The Hall–Kier alpha value is -1.36. The van der Waals surface area contributed by atoms with Gasteiger partial charge in [-0.2, -0.15) is 4.98 Å². The number of rotatable bonds is 4. The highest BCUT2D eigenvalue weighted by Gasteiger charge is 2.38. The van der Waals surface area contributed by atoms with Gasteiger partial charge >= 0.3 is 0 Å². The quantitative estimate of drug-likeness (QED) is 0.910. The minimum Gasteiger partial charge on any atom is -0.396 e. The maximum Gasteiger partial charge on any atom is 0.226 e. The fourth-order valence-corrected chi connectivity index (χ4v) is 2.87. The molecule has 5 heteroatoms. The lowest BCUT2D eigenvalue weighted by molar-refractivity contribution is 0.0598. The zero-order valence-electron chi connectivity index (χ0n) is 13.0. The number of nitrogens with zero attached hydrogens (tertiary/aromatic N) is 4. The van der Waals surface area contributed by atoms with Gasteiger partial charge in [0.2, 0.25) is 5.95 Å². The second-order valence-electron chi connectivity index (χ2n) is 6.31. The third-order valence-corrected chi connectivity index (χ3v) is 4.50. The maximum atomic E-state index is 9.85. The molecule has 5 nitrogen and oxygen atoms in total. The van der Waals surface area contributed by atoms with Gasteiger partial charge in [0, 0.05) is 38.8 Å². The average Bonchev–Trinajstić information content (AvgIpc) is 2.47. The number of aliphatic hydroxyl groups excluding tert-OH is 1. The summed E-state index contributed by atoms with van der Waals surface area (Å²) in [5.74, 6) is 2.15. The molecule has 1 aliphatic rings. The topological polar surface area (TPSA) is 52.5 Å². The van der Waals surface area contributed by atoms with E-state index in [2.05, 4.69) is 28.7 Å². The van der Waals surface area contributed by atoms with Gasteiger partial charge in [0.15, 0.2) is 0 Å². The monoisotopic (exact) mass is 278 g/mol. The van der Waals surface area contributed by atoms with Gasteiger partial charge < -0.3 is 14.9 Å². The highest BCUT2D eigenvalue weighted by molar-refractivity contribution is 5.43. The molecule has 2 rings (SSSR count). The zero-order chi connectivity index (χ0) is 14.8. The molecule has 0 aromatic carbocycles. The number of aromatic nitrogens is 2. The molecular weight excluding hydrogens is 252 g/mol. The Morgan fingerprint density at radius 2 is 2.20 bits per heavy atom. The van der Waals surface area contributed by atoms with E-state index in [1.165, 1.54) is 0 Å². The third kappa shape index (κ3) is 2.87. The minimum atomic E-state index is -0.0124. The summed E-state index contributed by atoms with van der Waals surface area (Å²) in [5, 5.41) is 9.85. The van der Waals surface area contributed by atoms with E-state index in [1.54, 1.807) is 0 Å². The van der Waals surface area contributed by atoms with E-state index in [-0.39, 0.29) is 12.0 Å². The molecule has 1 N–H and O–H groups in total. The van der Waals surface area contributed by atoms with E-state index in [4.69, 9.17) is 0 Å². The van der Waals surface area contributed by atoms with Crippen LogP contribution in [0.4, 0.5) is 11.8 Å². The molecule has 0 bridgehead atoms. The SMILES string of the molecule is CC(C)[C@@]1(CO)CCCN(c2ccnc(N(C)C)n2)C1. The van der Waals surface area contributed by atoms with Crippen LogP contribution in [0, 0.1) is 11.3 Å². The van der Waals surface area contributed by atoms with Crippen LogP contribution < -0.4 is 9.80 Å². The first-order chi connectivity index (χ1) is 9.48. The van der Waals surface area contributed by atoms with Crippen LogP contribution in [-0.4, -0.2) is 48.9 Å². The van der Waals surface area contributed by atoms with Crippen molar-refractivity contribution in [3.63, 3.8) is 0 Å². The van der Waals surface area contributed by atoms with E-state index < -0.39 is 0 Å². The normalized spacial score (nSPS) is 23.2. The molecule has 1 aromatic rings. The third-order valence-electron chi connectivity index (χ3n) is 4.50. The molecule has 0 aliphatic carbocycles. The van der Waals surface area contributed by atoms with Crippen LogP contribution in [0.3, 0.4) is 0 Å². The predicted octanol–water partition coefficient (Wildman–Crippen LogP) is 1.78. The first-order valence-electron chi connectivity index (χ1n) is 7.35. The van der Waals surface area contributed by atoms with E-state index in [0.29, 0.717) is 5.92 Å². The summed E-state index contributed by atoms with van der Waals surface area (Å²) in [6.07, 6.45) is 3.99. The fourth-order valence-electron chi connectivity index (χ4n) is 2.87. The molecular formula is C15H26N4O. The molecule has 0 spiro atoms. The molecule has 112 valence electrons. The summed E-state index contributed by atoms with van der Waals surface area (Å²) >= 11 is 0. The first kappa shape index (κ1) is 15.0. The second-order valence-corrected chi connectivity index (χ2v) is 6.31. The van der Waals surface area contributed by atoms with Crippen LogP contribution in [0.15, 0.2) is 12.3 Å². The van der Waals surface area contributed by atoms with E-state index in [9.17, 15) is 5.11 Å². The van der Waals surface area contributed by atoms with E-state index in [0.717, 1.165) is 37.7 Å². The van der Waals surface area contributed by atoms with Gasteiger partial charge in [-0.15, -0.1) is 0 Å². The Morgan fingerprint density at radius 3 is 2.80 bits per heavy atom. The van der Waals surface area contributed by atoms with Crippen molar-refractivity contribution in [2.45, 2.75) is 26.7 Å². The van der Waals surface area contributed by atoms with Gasteiger partial charge in [-0.25, -0.2) is 4.98 Å². The summed E-state index contributed by atoms with van der Waals surface area (Å²) in [6.45, 7) is 6.51. The molecule has 0 unspecified atom stereocenters. The lowest BCUT2D eigenvalue weighted by Gasteiger charge is -2.45. The van der Waals surface area contributed by atoms with Crippen LogP contribution in [0.2, 0.25) is 0 Å². The lowest BCUT2D eigenvalue weighted by Crippen LogP contribution is -2.48. The summed E-state index contributed by atoms with van der Waals surface area (Å²) in [6, 6.07) is 1.96. The lowest BCUT2D eigenvalue weighted by atomic mass is 9.72. The van der Waals surface area contributed by atoms with Gasteiger partial charge in [0.25, 0.3) is 0 Å². The van der Waals surface area contributed by atoms with Crippen molar-refractivity contribution in [2.24, 2.45) is 11.3 Å². The smallest absolute Gasteiger partial charge is 0.226 e. The van der Waals surface area contributed by atoms with Crippen LogP contribution in [0.5, 0.6) is 0 Å². The molecule has 1 aromatic heterocycles. The molecule has 1 atom stereocenters.